The number of hydrogen-bond acceptors (Lipinski definition) is 8. The Balaban J connectivity index is 1.39. The molecule has 2 atom stereocenters. The van der Waals surface area contributed by atoms with E-state index in [0.717, 1.165) is 51.7 Å². The molecule has 1 aliphatic heterocycles. The predicted molar refractivity (Wildman–Crippen MR) is 166 cm³/mol. The van der Waals surface area contributed by atoms with Crippen LogP contribution < -0.4 is 9.47 Å². The quantitative estimate of drug-likeness (QED) is 0.313. The minimum absolute atomic E-state index is 0.0347. The standard InChI is InChI=1S/C33H35N3O7S/c1-35(2)44(39,40)28-18-12-24(13-19-28)33(38)43-21-30(37)36-32(23-10-16-27(42-4)17-11-23)29-7-5-6-25(31(29)34-36)20-22-8-14-26(41-3)15-9-22/h8-20,29,32H,5-7,21H2,1-4H3. The van der Waals surface area contributed by atoms with Crippen molar-refractivity contribution in [3.05, 3.63) is 95.1 Å². The molecule has 0 spiro atoms. The maximum atomic E-state index is 13.6. The molecule has 5 rings (SSSR count). The van der Waals surface area contributed by atoms with Gasteiger partial charge in [-0.2, -0.15) is 5.10 Å². The van der Waals surface area contributed by atoms with Gasteiger partial charge in [-0.3, -0.25) is 4.79 Å². The van der Waals surface area contributed by atoms with Crippen molar-refractivity contribution in [1.29, 1.82) is 0 Å². The zero-order valence-corrected chi connectivity index (χ0v) is 25.9. The summed E-state index contributed by atoms with van der Waals surface area (Å²) < 4.78 is 41.8. The average molecular weight is 618 g/mol. The Bertz CT molecular complexity index is 1680. The number of fused-ring (bicyclic) bond motifs is 1. The molecule has 1 fully saturated rings. The van der Waals surface area contributed by atoms with Crippen LogP contribution in [0.15, 0.2) is 88.4 Å². The van der Waals surface area contributed by atoms with Gasteiger partial charge in [0.05, 0.1) is 36.4 Å². The second-order valence-corrected chi connectivity index (χ2v) is 12.9. The molecule has 230 valence electrons. The summed E-state index contributed by atoms with van der Waals surface area (Å²) in [6, 6.07) is 20.4. The van der Waals surface area contributed by atoms with Crippen molar-refractivity contribution in [3.8, 4) is 11.5 Å². The molecule has 3 aromatic rings. The smallest absolute Gasteiger partial charge is 0.338 e. The van der Waals surface area contributed by atoms with Crippen LogP contribution in [-0.4, -0.2) is 70.2 Å². The van der Waals surface area contributed by atoms with Crippen LogP contribution in [0, 0.1) is 5.92 Å². The van der Waals surface area contributed by atoms with Gasteiger partial charge in [0, 0.05) is 20.0 Å². The van der Waals surface area contributed by atoms with E-state index in [1.54, 1.807) is 14.2 Å². The molecule has 0 bridgehead atoms. The Labute approximate surface area is 257 Å². The van der Waals surface area contributed by atoms with Gasteiger partial charge in [0.15, 0.2) is 6.61 Å². The number of nitrogens with zero attached hydrogens (tertiary/aromatic N) is 3. The number of sulfonamides is 1. The van der Waals surface area contributed by atoms with Crippen LogP contribution in [0.5, 0.6) is 11.5 Å². The van der Waals surface area contributed by atoms with E-state index in [9.17, 15) is 18.0 Å². The average Bonchev–Trinajstić information content (AvgIpc) is 3.44. The Morgan fingerprint density at radius 3 is 2.14 bits per heavy atom. The second-order valence-electron chi connectivity index (χ2n) is 10.8. The lowest BCUT2D eigenvalue weighted by Gasteiger charge is -2.29. The molecule has 1 amide bonds. The fourth-order valence-electron chi connectivity index (χ4n) is 5.49. The molecule has 1 heterocycles. The highest BCUT2D eigenvalue weighted by atomic mass is 32.2. The minimum Gasteiger partial charge on any atom is -0.497 e. The Morgan fingerprint density at radius 2 is 1.55 bits per heavy atom. The number of esters is 1. The lowest BCUT2D eigenvalue weighted by Crippen LogP contribution is -2.34. The van der Waals surface area contributed by atoms with Gasteiger partial charge in [0.25, 0.3) is 5.91 Å². The molecule has 10 nitrogen and oxygen atoms in total. The monoisotopic (exact) mass is 617 g/mol. The summed E-state index contributed by atoms with van der Waals surface area (Å²) in [5.74, 6) is 0.238. The molecule has 11 heteroatoms. The molecular weight excluding hydrogens is 582 g/mol. The SMILES string of the molecule is COc1ccc(C=C2CCCC3C2=NN(C(=O)COC(=O)c2ccc(S(=O)(=O)N(C)C)cc2)C3c2ccc(OC)cc2)cc1. The van der Waals surface area contributed by atoms with E-state index in [0.29, 0.717) is 5.75 Å². The van der Waals surface area contributed by atoms with Crippen LogP contribution in [0.4, 0.5) is 0 Å². The molecule has 1 saturated carbocycles. The topological polar surface area (TPSA) is 115 Å². The normalized spacial score (nSPS) is 19.0. The molecule has 1 aliphatic carbocycles. The van der Waals surface area contributed by atoms with Crippen LogP contribution in [0.2, 0.25) is 0 Å². The van der Waals surface area contributed by atoms with E-state index in [4.69, 9.17) is 19.3 Å². The molecule has 0 N–H and O–H groups in total. The van der Waals surface area contributed by atoms with Gasteiger partial charge in [-0.1, -0.05) is 24.3 Å². The summed E-state index contributed by atoms with van der Waals surface area (Å²) >= 11 is 0. The Hall–Kier alpha value is -4.48. The second kappa shape index (κ2) is 13.0. The summed E-state index contributed by atoms with van der Waals surface area (Å²) in [6.07, 6.45) is 4.72. The largest absolute Gasteiger partial charge is 0.497 e. The molecule has 2 aliphatic rings. The van der Waals surface area contributed by atoms with Crippen LogP contribution in [0.25, 0.3) is 6.08 Å². The van der Waals surface area contributed by atoms with Gasteiger partial charge in [-0.05, 0) is 90.6 Å². The summed E-state index contributed by atoms with van der Waals surface area (Å²) in [4.78, 5) is 26.5. The van der Waals surface area contributed by atoms with Crippen molar-refractivity contribution in [3.63, 3.8) is 0 Å². The predicted octanol–water partition coefficient (Wildman–Crippen LogP) is 4.93. The third-order valence-corrected chi connectivity index (χ3v) is 9.70. The fourth-order valence-corrected chi connectivity index (χ4v) is 6.39. The number of hydrazone groups is 1. The van der Waals surface area contributed by atoms with Gasteiger partial charge in [-0.25, -0.2) is 22.5 Å². The number of allylic oxidation sites excluding steroid dienone is 1. The number of methoxy groups -OCH3 is 2. The van der Waals surface area contributed by atoms with Crippen molar-refractivity contribution in [2.45, 2.75) is 30.2 Å². The molecule has 2 unspecified atom stereocenters. The summed E-state index contributed by atoms with van der Waals surface area (Å²) in [6.45, 7) is -0.524. The summed E-state index contributed by atoms with van der Waals surface area (Å²) in [5, 5.41) is 6.28. The van der Waals surface area contributed by atoms with Gasteiger partial charge in [0.2, 0.25) is 10.0 Å². The van der Waals surface area contributed by atoms with Gasteiger partial charge >= 0.3 is 5.97 Å². The van der Waals surface area contributed by atoms with Crippen LogP contribution in [0.3, 0.4) is 0 Å². The number of amides is 1. The number of benzene rings is 3. The van der Waals surface area contributed by atoms with E-state index in [-0.39, 0.29) is 22.4 Å². The van der Waals surface area contributed by atoms with Crippen molar-refractivity contribution in [2.24, 2.45) is 11.0 Å². The van der Waals surface area contributed by atoms with Crippen molar-refractivity contribution >= 4 is 33.7 Å². The lowest BCUT2D eigenvalue weighted by atomic mass is 9.77. The highest BCUT2D eigenvalue weighted by molar-refractivity contribution is 7.89. The molecule has 0 aromatic heterocycles. The van der Waals surface area contributed by atoms with E-state index in [2.05, 4.69) is 6.08 Å². The van der Waals surface area contributed by atoms with E-state index >= 15 is 0 Å². The molecule has 44 heavy (non-hydrogen) atoms. The molecule has 0 saturated heterocycles. The first-order valence-corrected chi connectivity index (χ1v) is 15.7. The van der Waals surface area contributed by atoms with Crippen molar-refractivity contribution in [1.82, 2.24) is 9.31 Å². The molecule has 3 aromatic carbocycles. The molecular formula is C33H35N3O7S. The maximum absolute atomic E-state index is 13.6. The van der Waals surface area contributed by atoms with Gasteiger partial charge in [-0.15, -0.1) is 0 Å². The van der Waals surface area contributed by atoms with Gasteiger partial charge < -0.3 is 14.2 Å². The fraction of sp³-hybridized carbons (Fsp3) is 0.303. The first-order chi connectivity index (χ1) is 21.1. The zero-order valence-electron chi connectivity index (χ0n) is 25.1. The van der Waals surface area contributed by atoms with Crippen molar-refractivity contribution < 1.29 is 32.2 Å². The number of rotatable bonds is 9. The summed E-state index contributed by atoms with van der Waals surface area (Å²) in [5.41, 5.74) is 3.95. The number of carbonyl (C=O) groups excluding carboxylic acids is 2. The van der Waals surface area contributed by atoms with E-state index in [1.807, 2.05) is 48.5 Å². The highest BCUT2D eigenvalue weighted by Crippen LogP contribution is 2.44. The zero-order chi connectivity index (χ0) is 31.4. The highest BCUT2D eigenvalue weighted by Gasteiger charge is 2.44. The number of hydrogen-bond donors (Lipinski definition) is 0. The van der Waals surface area contributed by atoms with E-state index < -0.39 is 28.5 Å². The summed E-state index contributed by atoms with van der Waals surface area (Å²) in [7, 11) is 2.44. The Morgan fingerprint density at radius 1 is 0.932 bits per heavy atom. The third-order valence-electron chi connectivity index (χ3n) is 7.87. The first kappa shape index (κ1) is 31.0. The van der Waals surface area contributed by atoms with E-state index in [1.165, 1.54) is 43.4 Å². The lowest BCUT2D eigenvalue weighted by molar-refractivity contribution is -0.137. The minimum atomic E-state index is -3.64. The third kappa shape index (κ3) is 6.39. The van der Waals surface area contributed by atoms with Crippen LogP contribution in [0.1, 0.15) is 46.8 Å². The first-order valence-electron chi connectivity index (χ1n) is 14.2. The Kier molecular flexibility index (Phi) is 9.17. The molecule has 0 radical (unpaired) electrons. The van der Waals surface area contributed by atoms with Gasteiger partial charge in [0.1, 0.15) is 11.5 Å². The number of carbonyl (C=O) groups is 2. The number of ether oxygens (including phenoxy) is 3. The van der Waals surface area contributed by atoms with Crippen LogP contribution in [-0.2, 0) is 19.6 Å². The van der Waals surface area contributed by atoms with Crippen molar-refractivity contribution in [2.75, 3.05) is 34.9 Å². The maximum Gasteiger partial charge on any atom is 0.338 e. The van der Waals surface area contributed by atoms with Crippen LogP contribution >= 0.6 is 0 Å².